The largest absolute Gasteiger partial charge is 0.263 e. The van der Waals surface area contributed by atoms with Crippen molar-refractivity contribution < 1.29 is 4.39 Å². The van der Waals surface area contributed by atoms with E-state index in [4.69, 9.17) is 11.6 Å². The molecule has 0 bridgehead atoms. The molecule has 4 heteroatoms. The number of alkyl halides is 1. The van der Waals surface area contributed by atoms with Crippen LogP contribution >= 0.6 is 27.5 Å². The molecule has 0 aliphatic rings. The van der Waals surface area contributed by atoms with Crippen LogP contribution in [-0.2, 0) is 6.42 Å². The molecule has 1 heterocycles. The van der Waals surface area contributed by atoms with Gasteiger partial charge in [-0.05, 0) is 41.7 Å². The van der Waals surface area contributed by atoms with Crippen LogP contribution in [-0.4, -0.2) is 10.3 Å². The van der Waals surface area contributed by atoms with Crippen molar-refractivity contribution in [3.63, 3.8) is 0 Å². The maximum Gasteiger partial charge on any atom is 0.123 e. The zero-order valence-corrected chi connectivity index (χ0v) is 12.0. The van der Waals surface area contributed by atoms with Crippen LogP contribution in [0.1, 0.15) is 17.0 Å². The summed E-state index contributed by atoms with van der Waals surface area (Å²) in [5.74, 6) is -0.0140. The average molecular weight is 329 g/mol. The molecule has 0 spiro atoms. The predicted octanol–water partition coefficient (Wildman–Crippen LogP) is 4.60. The van der Waals surface area contributed by atoms with Gasteiger partial charge >= 0.3 is 0 Å². The molecule has 0 radical (unpaired) electrons. The third kappa shape index (κ3) is 3.30. The van der Waals surface area contributed by atoms with Gasteiger partial charge in [-0.1, -0.05) is 39.7 Å². The zero-order valence-electron chi connectivity index (χ0n) is 9.61. The summed E-state index contributed by atoms with van der Waals surface area (Å²) < 4.78 is 13.2. The Kier molecular flexibility index (Phi) is 4.72. The van der Waals surface area contributed by atoms with Crippen LogP contribution in [0.15, 0.2) is 42.7 Å². The van der Waals surface area contributed by atoms with E-state index in [1.807, 2.05) is 12.1 Å². The maximum atomic E-state index is 13.2. The van der Waals surface area contributed by atoms with Gasteiger partial charge in [0.1, 0.15) is 5.82 Å². The van der Waals surface area contributed by atoms with Gasteiger partial charge in [0, 0.05) is 17.7 Å². The van der Waals surface area contributed by atoms with E-state index in [2.05, 4.69) is 20.9 Å². The number of pyridine rings is 1. The van der Waals surface area contributed by atoms with Gasteiger partial charge in [0.25, 0.3) is 0 Å². The fourth-order valence-corrected chi connectivity index (χ4v) is 2.66. The first-order chi connectivity index (χ1) is 8.70. The first kappa shape index (κ1) is 13.5. The average Bonchev–Trinajstić information content (AvgIpc) is 2.38. The van der Waals surface area contributed by atoms with Crippen molar-refractivity contribution in [1.82, 2.24) is 4.98 Å². The van der Waals surface area contributed by atoms with Crippen molar-refractivity contribution in [3.05, 3.63) is 64.7 Å². The van der Waals surface area contributed by atoms with Gasteiger partial charge in [0.05, 0.1) is 5.02 Å². The van der Waals surface area contributed by atoms with Crippen LogP contribution in [0.3, 0.4) is 0 Å². The number of hydrogen-bond donors (Lipinski definition) is 0. The lowest BCUT2D eigenvalue weighted by Crippen LogP contribution is -2.05. The molecule has 1 nitrogen and oxygen atoms in total. The van der Waals surface area contributed by atoms with Crippen LogP contribution in [0.4, 0.5) is 4.39 Å². The van der Waals surface area contributed by atoms with Crippen molar-refractivity contribution in [2.75, 3.05) is 5.33 Å². The number of benzene rings is 1. The highest BCUT2D eigenvalue weighted by molar-refractivity contribution is 9.09. The quantitative estimate of drug-likeness (QED) is 0.748. The Morgan fingerprint density at radius 2 is 2.17 bits per heavy atom. The zero-order chi connectivity index (χ0) is 13.0. The molecule has 0 saturated carbocycles. The van der Waals surface area contributed by atoms with E-state index >= 15 is 0 Å². The van der Waals surface area contributed by atoms with Crippen LogP contribution in [0.25, 0.3) is 0 Å². The first-order valence-corrected chi connectivity index (χ1v) is 7.10. The summed E-state index contributed by atoms with van der Waals surface area (Å²) in [4.78, 5) is 3.96. The molecule has 1 aromatic carbocycles. The third-order valence-electron chi connectivity index (χ3n) is 2.83. The van der Waals surface area contributed by atoms with Gasteiger partial charge in [0.15, 0.2) is 0 Å². The van der Waals surface area contributed by atoms with E-state index in [0.717, 1.165) is 22.9 Å². The summed E-state index contributed by atoms with van der Waals surface area (Å²) in [6.07, 6.45) is 4.11. The number of hydrogen-bond acceptors (Lipinski definition) is 1. The number of halogens is 3. The van der Waals surface area contributed by atoms with E-state index in [1.165, 1.54) is 6.07 Å². The molecular weight excluding hydrogens is 317 g/mol. The highest BCUT2D eigenvalue weighted by Crippen LogP contribution is 2.26. The van der Waals surface area contributed by atoms with Crippen LogP contribution in [0, 0.1) is 5.82 Å². The second-order valence-electron chi connectivity index (χ2n) is 4.08. The van der Waals surface area contributed by atoms with Gasteiger partial charge in [-0.25, -0.2) is 4.39 Å². The Balaban J connectivity index is 2.23. The summed E-state index contributed by atoms with van der Waals surface area (Å²) in [6.45, 7) is 0. The van der Waals surface area contributed by atoms with Crippen LogP contribution < -0.4 is 0 Å². The minimum Gasteiger partial charge on any atom is -0.263 e. The van der Waals surface area contributed by atoms with Gasteiger partial charge in [-0.2, -0.15) is 0 Å². The summed E-state index contributed by atoms with van der Waals surface area (Å²) in [7, 11) is 0. The molecule has 18 heavy (non-hydrogen) atoms. The molecule has 1 atom stereocenters. The summed E-state index contributed by atoms with van der Waals surface area (Å²) in [5.41, 5.74) is 2.00. The molecule has 2 aromatic rings. The topological polar surface area (TPSA) is 12.9 Å². The highest BCUT2D eigenvalue weighted by Gasteiger charge is 2.13. The van der Waals surface area contributed by atoms with Crippen molar-refractivity contribution in [2.24, 2.45) is 0 Å². The van der Waals surface area contributed by atoms with E-state index in [9.17, 15) is 4.39 Å². The smallest absolute Gasteiger partial charge is 0.123 e. The molecule has 2 rings (SSSR count). The summed E-state index contributed by atoms with van der Waals surface area (Å²) >= 11 is 9.57. The predicted molar refractivity (Wildman–Crippen MR) is 75.9 cm³/mol. The molecule has 94 valence electrons. The van der Waals surface area contributed by atoms with E-state index in [1.54, 1.807) is 24.5 Å². The molecule has 0 N–H and O–H groups in total. The van der Waals surface area contributed by atoms with E-state index < -0.39 is 0 Å². The second kappa shape index (κ2) is 6.30. The molecular formula is C14H12BrClFN. The van der Waals surface area contributed by atoms with E-state index in [-0.39, 0.29) is 11.7 Å². The lowest BCUT2D eigenvalue weighted by molar-refractivity contribution is 0.621. The Labute approximate surface area is 119 Å². The summed E-state index contributed by atoms with van der Waals surface area (Å²) in [5, 5.41) is 1.41. The van der Waals surface area contributed by atoms with Crippen molar-refractivity contribution >= 4 is 27.5 Å². The monoisotopic (exact) mass is 327 g/mol. The van der Waals surface area contributed by atoms with E-state index in [0.29, 0.717) is 5.02 Å². The number of nitrogens with zero attached hydrogens (tertiary/aromatic N) is 1. The fraction of sp³-hybridized carbons (Fsp3) is 0.214. The minimum atomic E-state index is -0.209. The molecule has 0 aliphatic carbocycles. The Morgan fingerprint density at radius 3 is 2.83 bits per heavy atom. The molecule has 1 unspecified atom stereocenters. The molecule has 0 saturated heterocycles. The van der Waals surface area contributed by atoms with Gasteiger partial charge in [-0.3, -0.25) is 4.98 Å². The number of aromatic nitrogens is 1. The van der Waals surface area contributed by atoms with Crippen molar-refractivity contribution in [3.8, 4) is 0 Å². The molecule has 0 amide bonds. The SMILES string of the molecule is Fc1cccc(C(CBr)Cc2ccncc2Cl)c1. The Hall–Kier alpha value is -0.930. The minimum absolute atomic E-state index is 0.195. The van der Waals surface area contributed by atoms with Gasteiger partial charge < -0.3 is 0 Å². The third-order valence-corrected chi connectivity index (χ3v) is 3.95. The molecule has 0 fully saturated rings. The maximum absolute atomic E-state index is 13.2. The number of rotatable bonds is 4. The Bertz CT molecular complexity index is 533. The fourth-order valence-electron chi connectivity index (χ4n) is 1.86. The Morgan fingerprint density at radius 1 is 1.33 bits per heavy atom. The normalized spacial score (nSPS) is 12.4. The lowest BCUT2D eigenvalue weighted by Gasteiger charge is -2.15. The van der Waals surface area contributed by atoms with Crippen LogP contribution in [0.5, 0.6) is 0 Å². The van der Waals surface area contributed by atoms with Crippen molar-refractivity contribution in [2.45, 2.75) is 12.3 Å². The molecule has 1 aromatic heterocycles. The van der Waals surface area contributed by atoms with Gasteiger partial charge in [0.2, 0.25) is 0 Å². The molecule has 0 aliphatic heterocycles. The standard InChI is InChI=1S/C14H12BrClFN/c15-8-12(10-2-1-3-13(17)7-10)6-11-4-5-18-9-14(11)16/h1-5,7,9,12H,6,8H2. The van der Waals surface area contributed by atoms with Gasteiger partial charge in [-0.15, -0.1) is 0 Å². The van der Waals surface area contributed by atoms with Crippen LogP contribution in [0.2, 0.25) is 5.02 Å². The first-order valence-electron chi connectivity index (χ1n) is 5.60. The van der Waals surface area contributed by atoms with Crippen molar-refractivity contribution in [1.29, 1.82) is 0 Å². The summed E-state index contributed by atoms with van der Waals surface area (Å²) in [6, 6.07) is 8.59. The second-order valence-corrected chi connectivity index (χ2v) is 5.13. The highest BCUT2D eigenvalue weighted by atomic mass is 79.9. The lowest BCUT2D eigenvalue weighted by atomic mass is 9.94.